The van der Waals surface area contributed by atoms with Crippen LogP contribution in [-0.4, -0.2) is 11.6 Å². The van der Waals surface area contributed by atoms with E-state index in [0.717, 1.165) is 6.07 Å². The fraction of sp³-hybridized carbons (Fsp3) is 0.214. The molecule has 1 heterocycles. The second-order valence-electron chi connectivity index (χ2n) is 3.88. The monoisotopic (exact) mass is 267 g/mol. The Balaban J connectivity index is 2.50. The van der Waals surface area contributed by atoms with Gasteiger partial charge in [0.05, 0.1) is 12.2 Å². The van der Waals surface area contributed by atoms with Gasteiger partial charge in [0.25, 0.3) is 0 Å². The molecule has 2 nitrogen and oxygen atoms in total. The highest BCUT2D eigenvalue weighted by Crippen LogP contribution is 2.38. The first kappa shape index (κ1) is 13.4. The lowest BCUT2D eigenvalue weighted by Crippen LogP contribution is -2.08. The third-order valence-electron chi connectivity index (χ3n) is 2.58. The van der Waals surface area contributed by atoms with Gasteiger partial charge in [-0.05, 0) is 30.7 Å². The number of rotatable bonds is 3. The van der Waals surface area contributed by atoms with Gasteiger partial charge < -0.3 is 4.74 Å². The van der Waals surface area contributed by atoms with Crippen LogP contribution in [0.2, 0.25) is 0 Å². The minimum atomic E-state index is -4.44. The van der Waals surface area contributed by atoms with Crippen molar-refractivity contribution in [3.8, 4) is 16.9 Å². The fourth-order valence-electron chi connectivity index (χ4n) is 1.75. The van der Waals surface area contributed by atoms with E-state index in [1.54, 1.807) is 31.3 Å². The molecule has 0 saturated carbocycles. The zero-order valence-corrected chi connectivity index (χ0v) is 10.2. The van der Waals surface area contributed by atoms with Gasteiger partial charge in [0.15, 0.2) is 0 Å². The molecule has 0 saturated heterocycles. The van der Waals surface area contributed by atoms with Crippen molar-refractivity contribution in [1.82, 2.24) is 4.98 Å². The molecule has 0 unspecified atom stereocenters. The Kier molecular flexibility index (Phi) is 3.74. The van der Waals surface area contributed by atoms with Crippen LogP contribution in [-0.2, 0) is 6.18 Å². The van der Waals surface area contributed by atoms with Crippen LogP contribution < -0.4 is 4.74 Å². The summed E-state index contributed by atoms with van der Waals surface area (Å²) in [6, 6.07) is 7.41. The maximum absolute atomic E-state index is 13.0. The van der Waals surface area contributed by atoms with Crippen molar-refractivity contribution in [2.24, 2.45) is 0 Å². The smallest absolute Gasteiger partial charge is 0.419 e. The lowest BCUT2D eigenvalue weighted by atomic mass is 10.0. The maximum atomic E-state index is 13.0. The van der Waals surface area contributed by atoms with Gasteiger partial charge in [-0.25, -0.2) is 0 Å². The molecule has 0 aliphatic heterocycles. The highest BCUT2D eigenvalue weighted by molar-refractivity contribution is 5.65. The highest BCUT2D eigenvalue weighted by Gasteiger charge is 2.34. The average Bonchev–Trinajstić information content (AvgIpc) is 2.39. The molecule has 0 fully saturated rings. The summed E-state index contributed by atoms with van der Waals surface area (Å²) in [5.74, 6) is -0.150. The zero-order valence-electron chi connectivity index (χ0n) is 10.2. The number of alkyl halides is 3. The number of aromatic nitrogens is 1. The number of pyridine rings is 1. The predicted molar refractivity (Wildman–Crippen MR) is 65.8 cm³/mol. The van der Waals surface area contributed by atoms with Gasteiger partial charge in [-0.2, -0.15) is 13.2 Å². The SMILES string of the molecule is CCOc1ccc(-c2cccnc2)cc1C(F)(F)F. The number of hydrogen-bond donors (Lipinski definition) is 0. The first-order valence-electron chi connectivity index (χ1n) is 5.77. The summed E-state index contributed by atoms with van der Waals surface area (Å²) < 4.78 is 43.9. The van der Waals surface area contributed by atoms with E-state index < -0.39 is 11.7 Å². The van der Waals surface area contributed by atoms with E-state index in [-0.39, 0.29) is 12.4 Å². The molecule has 0 aliphatic carbocycles. The quantitative estimate of drug-likeness (QED) is 0.832. The molecule has 0 amide bonds. The van der Waals surface area contributed by atoms with E-state index in [1.165, 1.54) is 12.3 Å². The number of hydrogen-bond acceptors (Lipinski definition) is 2. The summed E-state index contributed by atoms with van der Waals surface area (Å²) in [7, 11) is 0. The van der Waals surface area contributed by atoms with E-state index >= 15 is 0 Å². The molecule has 0 radical (unpaired) electrons. The Morgan fingerprint density at radius 3 is 2.53 bits per heavy atom. The molecule has 1 aromatic carbocycles. The maximum Gasteiger partial charge on any atom is 0.419 e. The molecule has 1 aromatic heterocycles. The molecule has 2 aromatic rings. The average molecular weight is 267 g/mol. The van der Waals surface area contributed by atoms with E-state index in [1.807, 2.05) is 0 Å². The number of nitrogens with zero attached hydrogens (tertiary/aromatic N) is 1. The van der Waals surface area contributed by atoms with Gasteiger partial charge in [-0.3, -0.25) is 4.98 Å². The van der Waals surface area contributed by atoms with E-state index in [4.69, 9.17) is 4.74 Å². The van der Waals surface area contributed by atoms with Crippen LogP contribution in [0.3, 0.4) is 0 Å². The van der Waals surface area contributed by atoms with Crippen LogP contribution in [0.5, 0.6) is 5.75 Å². The van der Waals surface area contributed by atoms with Crippen molar-refractivity contribution >= 4 is 0 Å². The van der Waals surface area contributed by atoms with Crippen LogP contribution in [0, 0.1) is 0 Å². The topological polar surface area (TPSA) is 22.1 Å². The van der Waals surface area contributed by atoms with Crippen LogP contribution in [0.15, 0.2) is 42.7 Å². The Bertz CT molecular complexity index is 552. The van der Waals surface area contributed by atoms with Crippen LogP contribution in [0.1, 0.15) is 12.5 Å². The first-order valence-corrected chi connectivity index (χ1v) is 5.77. The molecule has 100 valence electrons. The summed E-state index contributed by atoms with van der Waals surface area (Å²) in [6.07, 6.45) is -1.35. The molecular formula is C14H12F3NO. The molecular weight excluding hydrogens is 255 g/mol. The summed E-state index contributed by atoms with van der Waals surface area (Å²) in [4.78, 5) is 3.90. The summed E-state index contributed by atoms with van der Waals surface area (Å²) in [5, 5.41) is 0. The van der Waals surface area contributed by atoms with Crippen molar-refractivity contribution < 1.29 is 17.9 Å². The Morgan fingerprint density at radius 1 is 1.16 bits per heavy atom. The standard InChI is InChI=1S/C14H12F3NO/c1-2-19-13-6-5-10(8-12(13)14(15,16)17)11-4-3-7-18-9-11/h3-9H,2H2,1H3. The van der Waals surface area contributed by atoms with Crippen LogP contribution in [0.25, 0.3) is 11.1 Å². The Labute approximate surface area is 108 Å². The van der Waals surface area contributed by atoms with E-state index in [9.17, 15) is 13.2 Å². The summed E-state index contributed by atoms with van der Waals surface area (Å²) in [5.41, 5.74) is 0.329. The first-order chi connectivity index (χ1) is 9.02. The second kappa shape index (κ2) is 5.30. The minimum Gasteiger partial charge on any atom is -0.493 e. The summed E-state index contributed by atoms with van der Waals surface area (Å²) >= 11 is 0. The summed E-state index contributed by atoms with van der Waals surface area (Å²) in [6.45, 7) is 1.84. The predicted octanol–water partition coefficient (Wildman–Crippen LogP) is 4.17. The third kappa shape index (κ3) is 3.05. The van der Waals surface area contributed by atoms with E-state index in [2.05, 4.69) is 4.98 Å². The lowest BCUT2D eigenvalue weighted by molar-refractivity contribution is -0.138. The van der Waals surface area contributed by atoms with Crippen molar-refractivity contribution in [1.29, 1.82) is 0 Å². The Hall–Kier alpha value is -2.04. The Morgan fingerprint density at radius 2 is 1.95 bits per heavy atom. The fourth-order valence-corrected chi connectivity index (χ4v) is 1.75. The second-order valence-corrected chi connectivity index (χ2v) is 3.88. The number of halogens is 3. The molecule has 0 spiro atoms. The number of ether oxygens (including phenoxy) is 1. The lowest BCUT2D eigenvalue weighted by Gasteiger charge is -2.14. The number of benzene rings is 1. The zero-order chi connectivity index (χ0) is 13.9. The molecule has 19 heavy (non-hydrogen) atoms. The molecule has 0 bridgehead atoms. The molecule has 2 rings (SSSR count). The highest BCUT2D eigenvalue weighted by atomic mass is 19.4. The van der Waals surface area contributed by atoms with Crippen LogP contribution >= 0.6 is 0 Å². The van der Waals surface area contributed by atoms with Crippen molar-refractivity contribution in [2.45, 2.75) is 13.1 Å². The minimum absolute atomic E-state index is 0.150. The van der Waals surface area contributed by atoms with Gasteiger partial charge >= 0.3 is 6.18 Å². The van der Waals surface area contributed by atoms with Crippen molar-refractivity contribution in [2.75, 3.05) is 6.61 Å². The molecule has 0 atom stereocenters. The third-order valence-corrected chi connectivity index (χ3v) is 2.58. The van der Waals surface area contributed by atoms with Gasteiger partial charge in [0, 0.05) is 18.0 Å². The molecule has 5 heteroatoms. The van der Waals surface area contributed by atoms with Gasteiger partial charge in [-0.15, -0.1) is 0 Å². The van der Waals surface area contributed by atoms with Crippen molar-refractivity contribution in [3.63, 3.8) is 0 Å². The van der Waals surface area contributed by atoms with Gasteiger partial charge in [0.1, 0.15) is 5.75 Å². The van der Waals surface area contributed by atoms with Gasteiger partial charge in [0.2, 0.25) is 0 Å². The molecule has 0 aliphatic rings. The normalized spacial score (nSPS) is 11.4. The van der Waals surface area contributed by atoms with E-state index in [0.29, 0.717) is 11.1 Å². The molecule has 0 N–H and O–H groups in total. The van der Waals surface area contributed by atoms with Crippen molar-refractivity contribution in [3.05, 3.63) is 48.3 Å². The largest absolute Gasteiger partial charge is 0.493 e. The van der Waals surface area contributed by atoms with Gasteiger partial charge in [-0.1, -0.05) is 12.1 Å². The van der Waals surface area contributed by atoms with Crippen LogP contribution in [0.4, 0.5) is 13.2 Å².